The highest BCUT2D eigenvalue weighted by Gasteiger charge is 2.34. The molecule has 1 aliphatic heterocycles. The number of anilines is 2. The second kappa shape index (κ2) is 12.5. The van der Waals surface area contributed by atoms with E-state index in [-0.39, 0.29) is 5.91 Å². The molecule has 1 amide bonds. The van der Waals surface area contributed by atoms with Gasteiger partial charge in [0.25, 0.3) is 5.91 Å². The van der Waals surface area contributed by atoms with Crippen LogP contribution in [0.5, 0.6) is 11.5 Å². The number of fused-ring (bicyclic) bond motifs is 1. The molecule has 0 fully saturated rings. The van der Waals surface area contributed by atoms with Gasteiger partial charge in [0.15, 0.2) is 0 Å². The van der Waals surface area contributed by atoms with Crippen LogP contribution in [-0.2, 0) is 11.4 Å². The zero-order valence-corrected chi connectivity index (χ0v) is 24.1. The average Bonchev–Trinajstić information content (AvgIpc) is 3.35. The lowest BCUT2D eigenvalue weighted by Gasteiger charge is -2.29. The Hall–Kier alpha value is -3.95. The van der Waals surface area contributed by atoms with Gasteiger partial charge in [-0.25, -0.2) is 4.68 Å². The van der Waals surface area contributed by atoms with Gasteiger partial charge in [0, 0.05) is 16.3 Å². The molecule has 8 nitrogen and oxygen atoms in total. The van der Waals surface area contributed by atoms with E-state index in [1.807, 2.05) is 86.6 Å². The highest BCUT2D eigenvalue weighted by atomic mass is 35.5. The molecule has 206 valence electrons. The van der Waals surface area contributed by atoms with E-state index in [1.54, 1.807) is 16.4 Å². The van der Waals surface area contributed by atoms with Crippen LogP contribution in [0.3, 0.4) is 0 Å². The molecule has 1 unspecified atom stereocenters. The first-order chi connectivity index (χ1) is 19.5. The summed E-state index contributed by atoms with van der Waals surface area (Å²) in [7, 11) is 0. The van der Waals surface area contributed by atoms with Crippen molar-refractivity contribution >= 4 is 40.9 Å². The van der Waals surface area contributed by atoms with Crippen molar-refractivity contribution in [3.05, 3.63) is 100 Å². The second-order valence-electron chi connectivity index (χ2n) is 8.99. The molecule has 0 aliphatic carbocycles. The van der Waals surface area contributed by atoms with Crippen molar-refractivity contribution in [1.82, 2.24) is 14.8 Å². The van der Waals surface area contributed by atoms with Crippen molar-refractivity contribution in [2.45, 2.75) is 38.6 Å². The standard InChI is InChI=1S/C30H30ClN5O3S/c1-4-38-25-13-9-8-12-24(25)33-28(37)26-19(3)32-29-34-30(40-5-2)35-36(29)27(26)20-14-16-22(17-15-20)39-18-21-10-6-7-11-23(21)31/h6-17,27H,4-5,18H2,1-3H3,(H,33,37)(H,32,34,35). The lowest BCUT2D eigenvalue weighted by molar-refractivity contribution is -0.113. The highest BCUT2D eigenvalue weighted by molar-refractivity contribution is 7.99. The molecule has 40 heavy (non-hydrogen) atoms. The summed E-state index contributed by atoms with van der Waals surface area (Å²) in [6.07, 6.45) is 0. The summed E-state index contributed by atoms with van der Waals surface area (Å²) in [5, 5.41) is 12.4. The molecule has 1 aromatic heterocycles. The Morgan fingerprint density at radius 3 is 2.55 bits per heavy atom. The Morgan fingerprint density at radius 1 is 1.05 bits per heavy atom. The van der Waals surface area contributed by atoms with Crippen LogP contribution >= 0.6 is 23.4 Å². The molecule has 2 heterocycles. The van der Waals surface area contributed by atoms with Gasteiger partial charge in [-0.3, -0.25) is 4.79 Å². The third kappa shape index (κ3) is 5.95. The predicted octanol–water partition coefficient (Wildman–Crippen LogP) is 6.95. The van der Waals surface area contributed by atoms with Gasteiger partial charge in [-0.2, -0.15) is 4.98 Å². The molecule has 0 radical (unpaired) electrons. The SMILES string of the molecule is CCOc1ccccc1NC(=O)C1=C(C)Nc2nc(SCC)nn2C1c1ccc(OCc2ccccc2Cl)cc1. The number of rotatable bonds is 10. The number of aromatic nitrogens is 3. The molecule has 0 spiro atoms. The Morgan fingerprint density at radius 2 is 1.80 bits per heavy atom. The zero-order valence-electron chi connectivity index (χ0n) is 22.5. The monoisotopic (exact) mass is 575 g/mol. The molecular formula is C30H30ClN5O3S. The lowest BCUT2D eigenvalue weighted by Crippen LogP contribution is -2.31. The van der Waals surface area contributed by atoms with Crippen LogP contribution in [-0.4, -0.2) is 33.0 Å². The van der Waals surface area contributed by atoms with E-state index >= 15 is 0 Å². The first-order valence-corrected chi connectivity index (χ1v) is 14.4. The van der Waals surface area contributed by atoms with Gasteiger partial charge in [-0.1, -0.05) is 72.8 Å². The molecule has 4 aromatic rings. The van der Waals surface area contributed by atoms with Crippen LogP contribution in [0.15, 0.2) is 89.2 Å². The summed E-state index contributed by atoms with van der Waals surface area (Å²) in [6.45, 7) is 6.68. The Balaban J connectivity index is 1.46. The number of benzene rings is 3. The van der Waals surface area contributed by atoms with E-state index in [4.69, 9.17) is 26.2 Å². The Bertz CT molecular complexity index is 1540. The maximum atomic E-state index is 13.9. The van der Waals surface area contributed by atoms with Crippen molar-refractivity contribution in [2.75, 3.05) is 23.0 Å². The topological polar surface area (TPSA) is 90.3 Å². The first kappa shape index (κ1) is 27.6. The highest BCUT2D eigenvalue weighted by Crippen LogP contribution is 2.38. The fourth-order valence-corrected chi connectivity index (χ4v) is 5.23. The predicted molar refractivity (Wildman–Crippen MR) is 159 cm³/mol. The van der Waals surface area contributed by atoms with Gasteiger partial charge in [0.05, 0.1) is 17.9 Å². The molecular weight excluding hydrogens is 546 g/mol. The van der Waals surface area contributed by atoms with Gasteiger partial charge in [-0.05, 0) is 55.5 Å². The summed E-state index contributed by atoms with van der Waals surface area (Å²) in [5.74, 6) is 2.46. The number of nitrogens with one attached hydrogen (secondary N) is 2. The van der Waals surface area contributed by atoms with E-state index in [0.717, 1.165) is 16.9 Å². The number of amides is 1. The smallest absolute Gasteiger partial charge is 0.255 e. The third-order valence-electron chi connectivity index (χ3n) is 6.33. The van der Waals surface area contributed by atoms with Gasteiger partial charge < -0.3 is 20.1 Å². The largest absolute Gasteiger partial charge is 0.492 e. The molecule has 1 aliphatic rings. The fraction of sp³-hybridized carbons (Fsp3) is 0.233. The summed E-state index contributed by atoms with van der Waals surface area (Å²) < 4.78 is 13.5. The number of thioether (sulfide) groups is 1. The normalized spacial score (nSPS) is 14.3. The van der Waals surface area contributed by atoms with Gasteiger partial charge in [-0.15, -0.1) is 5.10 Å². The molecule has 5 rings (SSSR count). The van der Waals surface area contributed by atoms with E-state index in [0.29, 0.717) is 57.8 Å². The molecule has 0 saturated heterocycles. The average molecular weight is 576 g/mol. The van der Waals surface area contributed by atoms with Gasteiger partial charge in [0.2, 0.25) is 11.1 Å². The second-order valence-corrected chi connectivity index (χ2v) is 10.6. The molecule has 1 atom stereocenters. The molecule has 3 aromatic carbocycles. The van der Waals surface area contributed by atoms with Crippen LogP contribution in [0.1, 0.15) is 37.9 Å². The van der Waals surface area contributed by atoms with Crippen molar-refractivity contribution in [3.8, 4) is 11.5 Å². The summed E-state index contributed by atoms with van der Waals surface area (Å²) in [4.78, 5) is 18.5. The van der Waals surface area contributed by atoms with Crippen molar-refractivity contribution in [3.63, 3.8) is 0 Å². The van der Waals surface area contributed by atoms with E-state index in [1.165, 1.54) is 0 Å². The number of para-hydroxylation sites is 2. The van der Waals surface area contributed by atoms with Crippen LogP contribution in [0.25, 0.3) is 0 Å². The maximum Gasteiger partial charge on any atom is 0.255 e. The van der Waals surface area contributed by atoms with Crippen LogP contribution in [0.2, 0.25) is 5.02 Å². The fourth-order valence-electron chi connectivity index (χ4n) is 4.49. The summed E-state index contributed by atoms with van der Waals surface area (Å²) in [6, 6.07) is 22.2. The van der Waals surface area contributed by atoms with Crippen molar-refractivity contribution in [2.24, 2.45) is 0 Å². The Kier molecular flexibility index (Phi) is 8.62. The lowest BCUT2D eigenvalue weighted by atomic mass is 9.95. The number of allylic oxidation sites excluding steroid dienone is 1. The number of hydrogen-bond donors (Lipinski definition) is 2. The number of carbonyl (C=O) groups excluding carboxylic acids is 1. The molecule has 10 heteroatoms. The third-order valence-corrected chi connectivity index (χ3v) is 7.42. The Labute approximate surface area is 242 Å². The van der Waals surface area contributed by atoms with Crippen LogP contribution < -0.4 is 20.1 Å². The number of halogens is 1. The zero-order chi connectivity index (χ0) is 28.1. The first-order valence-electron chi connectivity index (χ1n) is 13.0. The number of nitrogens with zero attached hydrogens (tertiary/aromatic N) is 3. The summed E-state index contributed by atoms with van der Waals surface area (Å²) >= 11 is 7.83. The minimum atomic E-state index is -0.508. The van der Waals surface area contributed by atoms with Gasteiger partial charge in [0.1, 0.15) is 24.1 Å². The van der Waals surface area contributed by atoms with Crippen LogP contribution in [0.4, 0.5) is 11.6 Å². The van der Waals surface area contributed by atoms with E-state index in [2.05, 4.69) is 22.5 Å². The van der Waals surface area contributed by atoms with Gasteiger partial charge >= 0.3 is 0 Å². The molecule has 2 N–H and O–H groups in total. The molecule has 0 saturated carbocycles. The number of carbonyl (C=O) groups is 1. The minimum Gasteiger partial charge on any atom is -0.492 e. The van der Waals surface area contributed by atoms with E-state index < -0.39 is 6.04 Å². The van der Waals surface area contributed by atoms with Crippen LogP contribution in [0, 0.1) is 0 Å². The minimum absolute atomic E-state index is 0.257. The van der Waals surface area contributed by atoms with E-state index in [9.17, 15) is 4.79 Å². The summed E-state index contributed by atoms with van der Waals surface area (Å²) in [5.41, 5.74) is 3.60. The quantitative estimate of drug-likeness (QED) is 0.198. The number of ether oxygens (including phenoxy) is 2. The van der Waals surface area contributed by atoms with Crippen molar-refractivity contribution < 1.29 is 14.3 Å². The van der Waals surface area contributed by atoms with Crippen molar-refractivity contribution in [1.29, 1.82) is 0 Å². The maximum absolute atomic E-state index is 13.9. The molecule has 0 bridgehead atoms. The number of hydrogen-bond acceptors (Lipinski definition) is 7.